The summed E-state index contributed by atoms with van der Waals surface area (Å²) in [4.78, 5) is 87.3. The molecule has 0 radical (unpaired) electrons. The summed E-state index contributed by atoms with van der Waals surface area (Å²) in [6, 6.07) is 14.6. The largest absolute Gasteiger partial charge is 0.463 e. The van der Waals surface area contributed by atoms with Crippen molar-refractivity contribution in [3.63, 3.8) is 0 Å². The van der Waals surface area contributed by atoms with Gasteiger partial charge in [0, 0.05) is 27.7 Å². The maximum atomic E-state index is 13.5. The van der Waals surface area contributed by atoms with Crippen LogP contribution >= 0.6 is 0 Å². The van der Waals surface area contributed by atoms with E-state index in [1.54, 1.807) is 60.7 Å². The van der Waals surface area contributed by atoms with Gasteiger partial charge in [0.2, 0.25) is 11.8 Å². The summed E-state index contributed by atoms with van der Waals surface area (Å²) < 4.78 is 32.4. The van der Waals surface area contributed by atoms with Crippen LogP contribution in [-0.2, 0) is 70.4 Å². The Morgan fingerprint density at radius 3 is 1.78 bits per heavy atom. The average Bonchev–Trinajstić information content (AvgIpc) is 3.04. The van der Waals surface area contributed by atoms with E-state index in [1.807, 2.05) is 0 Å². The van der Waals surface area contributed by atoms with Crippen molar-refractivity contribution in [1.82, 2.24) is 16.0 Å². The van der Waals surface area contributed by atoms with Crippen molar-refractivity contribution in [3.05, 3.63) is 71.8 Å². The number of esters is 4. The molecule has 3 rings (SSSR count). The molecule has 0 bridgehead atoms. The first-order valence-electron chi connectivity index (χ1n) is 15.2. The fourth-order valence-electron chi connectivity index (χ4n) is 4.79. The normalized spacial score (nSPS) is 20.4. The lowest BCUT2D eigenvalue weighted by atomic mass is 9.95. The van der Waals surface area contributed by atoms with E-state index in [9.17, 15) is 33.6 Å². The molecule has 264 valence electrons. The van der Waals surface area contributed by atoms with Crippen molar-refractivity contribution in [3.8, 4) is 0 Å². The third kappa shape index (κ3) is 12.9. The molecule has 0 saturated carbocycles. The highest BCUT2D eigenvalue weighted by molar-refractivity contribution is 5.88. The molecule has 1 saturated heterocycles. The van der Waals surface area contributed by atoms with E-state index in [2.05, 4.69) is 16.0 Å². The first-order chi connectivity index (χ1) is 23.3. The molecule has 2 aromatic carbocycles. The predicted molar refractivity (Wildman–Crippen MR) is 167 cm³/mol. The number of carbonyl (C=O) groups is 7. The van der Waals surface area contributed by atoms with Crippen LogP contribution in [0.25, 0.3) is 0 Å². The van der Waals surface area contributed by atoms with Crippen LogP contribution in [0.3, 0.4) is 0 Å². The quantitative estimate of drug-likeness (QED) is 0.189. The zero-order valence-corrected chi connectivity index (χ0v) is 27.4. The number of ether oxygens (including phenoxy) is 6. The highest BCUT2D eigenvalue weighted by Crippen LogP contribution is 2.26. The number of rotatable bonds is 14. The third-order valence-corrected chi connectivity index (χ3v) is 6.82. The Labute approximate surface area is 282 Å². The van der Waals surface area contributed by atoms with Crippen molar-refractivity contribution in [2.45, 2.75) is 84.0 Å². The van der Waals surface area contributed by atoms with Gasteiger partial charge in [-0.05, 0) is 11.1 Å². The zero-order valence-electron chi connectivity index (χ0n) is 27.4. The minimum Gasteiger partial charge on any atom is -0.463 e. The molecule has 6 atom stereocenters. The summed E-state index contributed by atoms with van der Waals surface area (Å²) in [5.74, 6) is -4.81. The van der Waals surface area contributed by atoms with Crippen molar-refractivity contribution >= 4 is 41.8 Å². The minimum absolute atomic E-state index is 0.121. The fraction of sp³-hybridized carbons (Fsp3) is 0.424. The van der Waals surface area contributed by atoms with Crippen molar-refractivity contribution in [2.75, 3.05) is 6.61 Å². The SMILES string of the molecule is CC(=O)N[C@@H]1[C@@H](OC(C)=O)[C@H](OC(C)=O)[C@@H](COC(C)=O)O[C@H]1NC(=O)C[C@H](NC(=O)OCc1ccccc1)C(=O)OCc1ccccc1. The molecule has 0 aliphatic carbocycles. The summed E-state index contributed by atoms with van der Waals surface area (Å²) in [6.07, 6.45) is -7.29. The van der Waals surface area contributed by atoms with E-state index in [0.29, 0.717) is 11.1 Å². The predicted octanol–water partition coefficient (Wildman–Crippen LogP) is 1.19. The number of alkyl carbamates (subject to hydrolysis) is 1. The summed E-state index contributed by atoms with van der Waals surface area (Å²) in [6.45, 7) is 3.67. The fourth-order valence-corrected chi connectivity index (χ4v) is 4.79. The van der Waals surface area contributed by atoms with Gasteiger partial charge in [0.25, 0.3) is 0 Å². The lowest BCUT2D eigenvalue weighted by Crippen LogP contribution is -2.69. The van der Waals surface area contributed by atoms with E-state index in [-0.39, 0.29) is 13.2 Å². The van der Waals surface area contributed by atoms with Crippen LogP contribution < -0.4 is 16.0 Å². The van der Waals surface area contributed by atoms with Gasteiger partial charge in [-0.3, -0.25) is 24.0 Å². The van der Waals surface area contributed by atoms with Crippen LogP contribution in [0.1, 0.15) is 45.2 Å². The summed E-state index contributed by atoms with van der Waals surface area (Å²) in [5.41, 5.74) is 1.33. The van der Waals surface area contributed by atoms with Gasteiger partial charge in [-0.1, -0.05) is 60.7 Å². The molecule has 3 N–H and O–H groups in total. The Morgan fingerprint density at radius 1 is 0.694 bits per heavy atom. The molecule has 0 aromatic heterocycles. The molecule has 3 amide bonds. The smallest absolute Gasteiger partial charge is 0.408 e. The number of hydrogen-bond donors (Lipinski definition) is 3. The lowest BCUT2D eigenvalue weighted by Gasteiger charge is -2.45. The molecular weight excluding hydrogens is 646 g/mol. The molecule has 2 aromatic rings. The second-order valence-electron chi connectivity index (χ2n) is 10.9. The Morgan fingerprint density at radius 2 is 1.24 bits per heavy atom. The van der Waals surface area contributed by atoms with E-state index < -0.39 is 91.4 Å². The molecule has 16 heteroatoms. The van der Waals surface area contributed by atoms with Gasteiger partial charge >= 0.3 is 30.0 Å². The van der Waals surface area contributed by atoms with E-state index in [4.69, 9.17) is 28.4 Å². The number of nitrogens with one attached hydrogen (secondary N) is 3. The molecule has 0 unspecified atom stereocenters. The second kappa shape index (κ2) is 18.7. The highest BCUT2D eigenvalue weighted by Gasteiger charge is 2.51. The van der Waals surface area contributed by atoms with Crippen LogP contribution in [0.5, 0.6) is 0 Å². The van der Waals surface area contributed by atoms with Crippen LogP contribution in [-0.4, -0.2) is 85.0 Å². The van der Waals surface area contributed by atoms with E-state index >= 15 is 0 Å². The van der Waals surface area contributed by atoms with Gasteiger partial charge in [-0.25, -0.2) is 9.59 Å². The number of benzene rings is 2. The third-order valence-electron chi connectivity index (χ3n) is 6.82. The van der Waals surface area contributed by atoms with Crippen LogP contribution in [0.2, 0.25) is 0 Å². The Bertz CT molecular complexity index is 1470. The maximum Gasteiger partial charge on any atom is 0.408 e. The summed E-state index contributed by atoms with van der Waals surface area (Å²) in [7, 11) is 0. The Kier molecular flexibility index (Phi) is 14.5. The van der Waals surface area contributed by atoms with Gasteiger partial charge in [0.15, 0.2) is 18.4 Å². The molecule has 1 fully saturated rings. The topological polar surface area (TPSA) is 211 Å². The van der Waals surface area contributed by atoms with Crippen molar-refractivity contribution in [2.24, 2.45) is 0 Å². The van der Waals surface area contributed by atoms with Crippen molar-refractivity contribution < 1.29 is 62.0 Å². The van der Waals surface area contributed by atoms with Crippen molar-refractivity contribution in [1.29, 1.82) is 0 Å². The van der Waals surface area contributed by atoms with Gasteiger partial charge in [-0.2, -0.15) is 0 Å². The second-order valence-corrected chi connectivity index (χ2v) is 10.9. The molecule has 1 heterocycles. The van der Waals surface area contributed by atoms with Gasteiger partial charge in [-0.15, -0.1) is 0 Å². The Balaban J connectivity index is 1.84. The molecular formula is C33H39N3O13. The van der Waals surface area contributed by atoms with Crippen LogP contribution in [0, 0.1) is 0 Å². The van der Waals surface area contributed by atoms with Gasteiger partial charge in [0.05, 0.1) is 6.42 Å². The zero-order chi connectivity index (χ0) is 35.9. The van der Waals surface area contributed by atoms with E-state index in [1.165, 1.54) is 0 Å². The average molecular weight is 686 g/mol. The summed E-state index contributed by atoms with van der Waals surface area (Å²) in [5, 5.41) is 7.38. The minimum atomic E-state index is -1.55. The van der Waals surface area contributed by atoms with Crippen LogP contribution in [0.4, 0.5) is 4.79 Å². The molecule has 0 spiro atoms. The molecule has 49 heavy (non-hydrogen) atoms. The first-order valence-corrected chi connectivity index (χ1v) is 15.2. The van der Waals surface area contributed by atoms with Gasteiger partial charge in [0.1, 0.15) is 38.0 Å². The lowest BCUT2D eigenvalue weighted by molar-refractivity contribution is -0.228. The van der Waals surface area contributed by atoms with Crippen LogP contribution in [0.15, 0.2) is 60.7 Å². The maximum absolute atomic E-state index is 13.5. The molecule has 1 aliphatic heterocycles. The standard InChI is InChI=1S/C33H39N3O13/c1-19(37)34-28-30(48-22(4)40)29(47-21(3)39)26(18-44-20(2)38)49-31(28)36-27(41)15-25(32(42)45-16-23-11-7-5-8-12-23)35-33(43)46-17-24-13-9-6-10-14-24/h5-14,25-26,28-31H,15-18H2,1-4H3,(H,34,37)(H,35,43)(H,36,41)/t25-,26+,28+,29+,30+,31+/m0/s1. The highest BCUT2D eigenvalue weighted by atomic mass is 16.6. The number of hydrogen-bond acceptors (Lipinski definition) is 13. The van der Waals surface area contributed by atoms with E-state index in [0.717, 1.165) is 27.7 Å². The van der Waals surface area contributed by atoms with Gasteiger partial charge < -0.3 is 44.4 Å². The summed E-state index contributed by atoms with van der Waals surface area (Å²) >= 11 is 0. The molecule has 16 nitrogen and oxygen atoms in total. The number of amides is 3. The Hall–Kier alpha value is -5.51. The number of carbonyl (C=O) groups excluding carboxylic acids is 7. The monoisotopic (exact) mass is 685 g/mol. The molecule has 1 aliphatic rings. The first kappa shape index (κ1) is 37.9.